The Hall–Kier alpha value is -4.01. The number of alkyl halides is 2. The number of nitrogens with zero attached hydrogens (tertiary/aromatic N) is 3. The second-order valence-electron chi connectivity index (χ2n) is 7.40. The Morgan fingerprint density at radius 3 is 2.45 bits per heavy atom. The summed E-state index contributed by atoms with van der Waals surface area (Å²) in [4.78, 5) is 17.4. The van der Waals surface area contributed by atoms with Crippen molar-refractivity contribution in [2.75, 3.05) is 14.2 Å². The molecule has 0 aliphatic rings. The van der Waals surface area contributed by atoms with Crippen LogP contribution in [0.1, 0.15) is 33.6 Å². The smallest absolute Gasteiger partial charge is 0.280 e. The maximum atomic E-state index is 13.8. The Morgan fingerprint density at radius 1 is 1.06 bits per heavy atom. The van der Waals surface area contributed by atoms with Gasteiger partial charge in [0.15, 0.2) is 17.1 Å². The zero-order chi connectivity index (χ0) is 23.5. The van der Waals surface area contributed by atoms with E-state index in [9.17, 15) is 13.6 Å². The summed E-state index contributed by atoms with van der Waals surface area (Å²) in [5.74, 6) is 0.627. The molecule has 0 bridgehead atoms. The third kappa shape index (κ3) is 4.48. The summed E-state index contributed by atoms with van der Waals surface area (Å²) in [6, 6.07) is 13.9. The van der Waals surface area contributed by atoms with Crippen LogP contribution < -0.4 is 14.8 Å². The lowest BCUT2D eigenvalue weighted by Crippen LogP contribution is -2.23. The highest BCUT2D eigenvalue weighted by Gasteiger charge is 2.21. The van der Waals surface area contributed by atoms with E-state index in [1.54, 1.807) is 30.3 Å². The first kappa shape index (κ1) is 22.2. The molecule has 2 heterocycles. The van der Waals surface area contributed by atoms with Gasteiger partial charge in [0.1, 0.15) is 11.3 Å². The van der Waals surface area contributed by atoms with Crippen LogP contribution in [0.4, 0.5) is 8.78 Å². The van der Waals surface area contributed by atoms with Crippen LogP contribution in [-0.2, 0) is 6.54 Å². The van der Waals surface area contributed by atoms with Gasteiger partial charge in [0.2, 0.25) is 0 Å². The SMILES string of the molecule is COc1ccc(CNC(=O)c2cnn3c(C(F)F)cc(-c4ccc(C)cc4)nc23)cc1OC. The number of benzene rings is 2. The number of methoxy groups -OCH3 is 2. The lowest BCUT2D eigenvalue weighted by atomic mass is 10.1. The van der Waals surface area contributed by atoms with E-state index in [2.05, 4.69) is 15.4 Å². The fourth-order valence-electron chi connectivity index (χ4n) is 3.44. The monoisotopic (exact) mass is 452 g/mol. The molecule has 0 spiro atoms. The number of rotatable bonds is 7. The second kappa shape index (κ2) is 9.23. The predicted octanol–water partition coefficient (Wildman–Crippen LogP) is 4.59. The summed E-state index contributed by atoms with van der Waals surface area (Å²) in [5, 5.41) is 6.77. The summed E-state index contributed by atoms with van der Waals surface area (Å²) in [5.41, 5.74) is 2.65. The molecular formula is C24H22F2N4O3. The molecule has 9 heteroatoms. The maximum Gasteiger partial charge on any atom is 0.280 e. The predicted molar refractivity (Wildman–Crippen MR) is 119 cm³/mol. The highest BCUT2D eigenvalue weighted by atomic mass is 19.3. The molecule has 7 nitrogen and oxygen atoms in total. The minimum Gasteiger partial charge on any atom is -0.493 e. The Labute approximate surface area is 189 Å². The number of aromatic nitrogens is 3. The van der Waals surface area contributed by atoms with Crippen molar-refractivity contribution in [3.63, 3.8) is 0 Å². The van der Waals surface area contributed by atoms with Gasteiger partial charge < -0.3 is 14.8 Å². The number of nitrogens with one attached hydrogen (secondary N) is 1. The van der Waals surface area contributed by atoms with E-state index in [1.807, 2.05) is 19.1 Å². The quantitative estimate of drug-likeness (QED) is 0.444. The standard InChI is InChI=1S/C24H22F2N4O3/c1-14-4-7-16(8-5-14)18-11-19(22(25)26)30-23(29-18)17(13-28-30)24(31)27-12-15-6-9-20(32-2)21(10-15)33-3/h4-11,13,22H,12H2,1-3H3,(H,27,31). The van der Waals surface area contributed by atoms with Gasteiger partial charge in [-0.2, -0.15) is 5.10 Å². The van der Waals surface area contributed by atoms with Crippen LogP contribution in [0.2, 0.25) is 0 Å². The van der Waals surface area contributed by atoms with Crippen LogP contribution >= 0.6 is 0 Å². The van der Waals surface area contributed by atoms with Crippen LogP contribution in [0.15, 0.2) is 54.7 Å². The second-order valence-corrected chi connectivity index (χ2v) is 7.40. The average Bonchev–Trinajstić information content (AvgIpc) is 3.26. The largest absolute Gasteiger partial charge is 0.493 e. The molecule has 0 atom stereocenters. The Kier molecular flexibility index (Phi) is 6.21. The topological polar surface area (TPSA) is 77.8 Å². The van der Waals surface area contributed by atoms with Crippen LogP contribution in [0.5, 0.6) is 11.5 Å². The van der Waals surface area contributed by atoms with Crippen molar-refractivity contribution < 1.29 is 23.0 Å². The van der Waals surface area contributed by atoms with Crippen molar-refractivity contribution in [2.24, 2.45) is 0 Å². The molecular weight excluding hydrogens is 430 g/mol. The van der Waals surface area contributed by atoms with Gasteiger partial charge in [0.05, 0.1) is 26.1 Å². The lowest BCUT2D eigenvalue weighted by Gasteiger charge is -2.11. The Bertz CT molecular complexity index is 1300. The Morgan fingerprint density at radius 2 is 1.79 bits per heavy atom. The molecule has 0 aliphatic carbocycles. The molecule has 0 saturated heterocycles. The number of amides is 1. The molecule has 0 saturated carbocycles. The number of ether oxygens (including phenoxy) is 2. The maximum absolute atomic E-state index is 13.8. The summed E-state index contributed by atoms with van der Waals surface area (Å²) in [6.45, 7) is 2.12. The van der Waals surface area contributed by atoms with Gasteiger partial charge in [-0.1, -0.05) is 35.9 Å². The first-order valence-corrected chi connectivity index (χ1v) is 10.1. The average molecular weight is 452 g/mol. The summed E-state index contributed by atoms with van der Waals surface area (Å²) in [6.07, 6.45) is -1.54. The number of halogens is 2. The van der Waals surface area contributed by atoms with E-state index in [0.29, 0.717) is 22.8 Å². The molecule has 4 aromatic rings. The van der Waals surface area contributed by atoms with E-state index in [0.717, 1.165) is 15.6 Å². The number of carbonyl (C=O) groups excluding carboxylic acids is 1. The molecule has 2 aromatic heterocycles. The fraction of sp³-hybridized carbons (Fsp3) is 0.208. The summed E-state index contributed by atoms with van der Waals surface area (Å²) >= 11 is 0. The number of carbonyl (C=O) groups is 1. The van der Waals surface area contributed by atoms with Crippen molar-refractivity contribution in [3.05, 3.63) is 77.1 Å². The first-order valence-electron chi connectivity index (χ1n) is 10.1. The van der Waals surface area contributed by atoms with Crippen LogP contribution in [0, 0.1) is 6.92 Å². The van der Waals surface area contributed by atoms with Crippen LogP contribution in [-0.4, -0.2) is 34.7 Å². The van der Waals surface area contributed by atoms with Gasteiger partial charge in [-0.25, -0.2) is 18.3 Å². The highest BCUT2D eigenvalue weighted by molar-refractivity contribution is 5.99. The van der Waals surface area contributed by atoms with Gasteiger partial charge >= 0.3 is 0 Å². The molecule has 1 amide bonds. The highest BCUT2D eigenvalue weighted by Crippen LogP contribution is 2.28. The van der Waals surface area contributed by atoms with E-state index in [1.165, 1.54) is 26.5 Å². The molecule has 4 rings (SSSR count). The summed E-state index contributed by atoms with van der Waals surface area (Å²) in [7, 11) is 3.06. The molecule has 0 aliphatic heterocycles. The van der Waals surface area contributed by atoms with Crippen LogP contribution in [0.25, 0.3) is 16.9 Å². The zero-order valence-electron chi connectivity index (χ0n) is 18.3. The van der Waals surface area contributed by atoms with Crippen molar-refractivity contribution in [1.29, 1.82) is 0 Å². The van der Waals surface area contributed by atoms with E-state index < -0.39 is 12.3 Å². The third-order valence-corrected chi connectivity index (χ3v) is 5.22. The van der Waals surface area contributed by atoms with Gasteiger partial charge in [0, 0.05) is 12.1 Å². The van der Waals surface area contributed by atoms with Crippen LogP contribution in [0.3, 0.4) is 0 Å². The summed E-state index contributed by atoms with van der Waals surface area (Å²) < 4.78 is 39.0. The number of fused-ring (bicyclic) bond motifs is 1. The minimum absolute atomic E-state index is 0.0631. The molecule has 33 heavy (non-hydrogen) atoms. The molecule has 0 radical (unpaired) electrons. The van der Waals surface area contributed by atoms with Gasteiger partial charge in [0.25, 0.3) is 12.3 Å². The lowest BCUT2D eigenvalue weighted by molar-refractivity contribution is 0.0952. The van der Waals surface area contributed by atoms with Crippen molar-refractivity contribution >= 4 is 11.6 Å². The van der Waals surface area contributed by atoms with Crippen molar-refractivity contribution in [2.45, 2.75) is 19.9 Å². The fourth-order valence-corrected chi connectivity index (χ4v) is 3.44. The van der Waals surface area contributed by atoms with Gasteiger partial charge in [-0.05, 0) is 30.7 Å². The molecule has 1 N–H and O–H groups in total. The molecule has 170 valence electrons. The third-order valence-electron chi connectivity index (χ3n) is 5.22. The van der Waals surface area contributed by atoms with Crippen molar-refractivity contribution in [3.8, 4) is 22.8 Å². The zero-order valence-corrected chi connectivity index (χ0v) is 18.3. The van der Waals surface area contributed by atoms with E-state index in [4.69, 9.17) is 9.47 Å². The number of hydrogen-bond acceptors (Lipinski definition) is 5. The number of hydrogen-bond donors (Lipinski definition) is 1. The van der Waals surface area contributed by atoms with Crippen molar-refractivity contribution in [1.82, 2.24) is 19.9 Å². The normalized spacial score (nSPS) is 11.1. The van der Waals surface area contributed by atoms with E-state index >= 15 is 0 Å². The van der Waals surface area contributed by atoms with Gasteiger partial charge in [-0.3, -0.25) is 4.79 Å². The molecule has 0 fully saturated rings. The molecule has 0 unspecified atom stereocenters. The number of aryl methyl sites for hydroxylation is 1. The van der Waals surface area contributed by atoms with E-state index in [-0.39, 0.29) is 23.4 Å². The first-order chi connectivity index (χ1) is 15.9. The minimum atomic E-state index is -2.79. The molecule has 2 aromatic carbocycles. The van der Waals surface area contributed by atoms with Gasteiger partial charge in [-0.15, -0.1) is 0 Å². The Balaban J connectivity index is 1.66.